The minimum atomic E-state index is -1.49. The summed E-state index contributed by atoms with van der Waals surface area (Å²) in [4.78, 5) is 21.4. The standard InChI is InChI=1S/C13H13BrO5/c1-3-19-11-7-8(4-5-10(15)13(16)17)6-9(14)12(11)18-2/h4-7H,3H2,1-2H3,(H,16,17)/b5-4+. The molecule has 102 valence electrons. The normalized spacial score (nSPS) is 10.5. The number of benzene rings is 1. The zero-order valence-corrected chi connectivity index (χ0v) is 12.1. The number of hydrogen-bond acceptors (Lipinski definition) is 4. The van der Waals surface area contributed by atoms with Gasteiger partial charge < -0.3 is 14.6 Å². The van der Waals surface area contributed by atoms with Crippen molar-refractivity contribution in [2.45, 2.75) is 6.92 Å². The molecule has 0 fully saturated rings. The lowest BCUT2D eigenvalue weighted by Gasteiger charge is -2.11. The van der Waals surface area contributed by atoms with Gasteiger partial charge >= 0.3 is 5.97 Å². The Bertz CT molecular complexity index is 522. The molecule has 0 saturated carbocycles. The molecule has 0 atom stereocenters. The molecule has 0 saturated heterocycles. The molecule has 0 aliphatic heterocycles. The van der Waals surface area contributed by atoms with Crippen LogP contribution in [-0.2, 0) is 9.59 Å². The number of rotatable bonds is 6. The topological polar surface area (TPSA) is 72.8 Å². The van der Waals surface area contributed by atoms with Crippen molar-refractivity contribution in [3.8, 4) is 11.5 Å². The quantitative estimate of drug-likeness (QED) is 0.641. The Morgan fingerprint density at radius 3 is 2.63 bits per heavy atom. The Balaban J connectivity index is 3.10. The highest BCUT2D eigenvalue weighted by Gasteiger charge is 2.11. The SMILES string of the molecule is CCOc1cc(/C=C/C(=O)C(=O)O)cc(Br)c1OC. The molecule has 0 heterocycles. The molecule has 0 aliphatic rings. The van der Waals surface area contributed by atoms with Crippen molar-refractivity contribution in [3.63, 3.8) is 0 Å². The van der Waals surface area contributed by atoms with Crippen LogP contribution in [0.5, 0.6) is 11.5 Å². The number of carboxylic acids is 1. The predicted molar refractivity (Wildman–Crippen MR) is 73.5 cm³/mol. The zero-order chi connectivity index (χ0) is 14.4. The average molecular weight is 329 g/mol. The second kappa shape index (κ2) is 6.94. The van der Waals surface area contributed by atoms with Gasteiger partial charge in [0.25, 0.3) is 5.78 Å². The van der Waals surface area contributed by atoms with E-state index >= 15 is 0 Å². The lowest BCUT2D eigenvalue weighted by molar-refractivity contribution is -0.146. The van der Waals surface area contributed by atoms with Gasteiger partial charge in [-0.05, 0) is 46.6 Å². The molecular formula is C13H13BrO5. The first-order valence-electron chi connectivity index (χ1n) is 5.45. The minimum absolute atomic E-state index is 0.462. The number of ether oxygens (including phenoxy) is 2. The number of methoxy groups -OCH3 is 1. The first kappa shape index (κ1) is 15.2. The second-order valence-corrected chi connectivity index (χ2v) is 4.32. The molecule has 5 nitrogen and oxygen atoms in total. The lowest BCUT2D eigenvalue weighted by Crippen LogP contribution is -2.08. The smallest absolute Gasteiger partial charge is 0.376 e. The van der Waals surface area contributed by atoms with Crippen LogP contribution in [0.2, 0.25) is 0 Å². The summed E-state index contributed by atoms with van der Waals surface area (Å²) in [5, 5.41) is 8.48. The van der Waals surface area contributed by atoms with Gasteiger partial charge in [0.1, 0.15) is 0 Å². The zero-order valence-electron chi connectivity index (χ0n) is 10.5. The number of aliphatic carboxylic acids is 1. The van der Waals surface area contributed by atoms with E-state index in [9.17, 15) is 9.59 Å². The van der Waals surface area contributed by atoms with E-state index in [-0.39, 0.29) is 0 Å². The molecule has 0 aromatic heterocycles. The van der Waals surface area contributed by atoms with Crippen LogP contribution in [0, 0.1) is 0 Å². The highest BCUT2D eigenvalue weighted by molar-refractivity contribution is 9.10. The molecule has 0 unspecified atom stereocenters. The molecule has 1 rings (SSSR count). The van der Waals surface area contributed by atoms with Crippen LogP contribution in [0.15, 0.2) is 22.7 Å². The Labute approximate surface area is 119 Å². The molecular weight excluding hydrogens is 316 g/mol. The molecule has 0 amide bonds. The summed E-state index contributed by atoms with van der Waals surface area (Å²) in [6.07, 6.45) is 2.40. The summed E-state index contributed by atoms with van der Waals surface area (Å²) in [6.45, 7) is 2.30. The summed E-state index contributed by atoms with van der Waals surface area (Å²) in [6, 6.07) is 3.37. The van der Waals surface area contributed by atoms with E-state index < -0.39 is 11.8 Å². The summed E-state index contributed by atoms with van der Waals surface area (Å²) >= 11 is 3.32. The van der Waals surface area contributed by atoms with Crippen LogP contribution in [0.1, 0.15) is 12.5 Å². The molecule has 1 aromatic carbocycles. The van der Waals surface area contributed by atoms with Gasteiger partial charge in [0, 0.05) is 0 Å². The monoisotopic (exact) mass is 328 g/mol. The van der Waals surface area contributed by atoms with Gasteiger partial charge in [0.05, 0.1) is 18.2 Å². The van der Waals surface area contributed by atoms with Crippen LogP contribution in [0.25, 0.3) is 6.08 Å². The van der Waals surface area contributed by atoms with Crippen molar-refractivity contribution in [1.82, 2.24) is 0 Å². The Morgan fingerprint density at radius 2 is 2.11 bits per heavy atom. The van der Waals surface area contributed by atoms with Crippen LogP contribution in [0.3, 0.4) is 0 Å². The van der Waals surface area contributed by atoms with Crippen molar-refractivity contribution >= 4 is 33.8 Å². The fourth-order valence-electron chi connectivity index (χ4n) is 1.39. The van der Waals surface area contributed by atoms with E-state index in [1.54, 1.807) is 12.1 Å². The lowest BCUT2D eigenvalue weighted by atomic mass is 10.1. The number of carboxylic acid groups (broad SMARTS) is 1. The van der Waals surface area contributed by atoms with Crippen molar-refractivity contribution in [2.24, 2.45) is 0 Å². The van der Waals surface area contributed by atoms with Gasteiger partial charge in [-0.25, -0.2) is 4.79 Å². The predicted octanol–water partition coefficient (Wildman–Crippen LogP) is 2.52. The van der Waals surface area contributed by atoms with Gasteiger partial charge in [0.15, 0.2) is 11.5 Å². The highest BCUT2D eigenvalue weighted by Crippen LogP contribution is 2.36. The van der Waals surface area contributed by atoms with Gasteiger partial charge in [-0.2, -0.15) is 0 Å². The number of carbonyl (C=O) groups excluding carboxylic acids is 1. The largest absolute Gasteiger partial charge is 0.492 e. The summed E-state index contributed by atoms with van der Waals surface area (Å²) in [7, 11) is 1.52. The van der Waals surface area contributed by atoms with Crippen LogP contribution in [0.4, 0.5) is 0 Å². The van der Waals surface area contributed by atoms with Gasteiger partial charge in [-0.3, -0.25) is 4.79 Å². The van der Waals surface area contributed by atoms with E-state index in [1.807, 2.05) is 6.92 Å². The van der Waals surface area contributed by atoms with Crippen LogP contribution < -0.4 is 9.47 Å². The maximum atomic E-state index is 11.0. The molecule has 19 heavy (non-hydrogen) atoms. The first-order valence-corrected chi connectivity index (χ1v) is 6.24. The van der Waals surface area contributed by atoms with Crippen molar-refractivity contribution < 1.29 is 24.2 Å². The summed E-state index contributed by atoms with van der Waals surface area (Å²) in [5.74, 6) is -1.41. The van der Waals surface area contributed by atoms with E-state index in [0.29, 0.717) is 28.1 Å². The third-order valence-corrected chi connectivity index (χ3v) is 2.76. The fourth-order valence-corrected chi connectivity index (χ4v) is 2.01. The molecule has 1 aromatic rings. The third-order valence-electron chi connectivity index (χ3n) is 2.17. The molecule has 6 heteroatoms. The van der Waals surface area contributed by atoms with Gasteiger partial charge in [0.2, 0.25) is 0 Å². The summed E-state index contributed by atoms with van der Waals surface area (Å²) < 4.78 is 11.3. The number of halogens is 1. The Kier molecular flexibility index (Phi) is 5.57. The van der Waals surface area contributed by atoms with Crippen LogP contribution in [-0.4, -0.2) is 30.6 Å². The van der Waals surface area contributed by atoms with Crippen molar-refractivity contribution in [1.29, 1.82) is 0 Å². The molecule has 0 radical (unpaired) electrons. The Morgan fingerprint density at radius 1 is 1.42 bits per heavy atom. The summed E-state index contributed by atoms with van der Waals surface area (Å²) in [5.41, 5.74) is 0.630. The minimum Gasteiger partial charge on any atom is -0.492 e. The number of carbonyl (C=O) groups is 2. The fraction of sp³-hybridized carbons (Fsp3) is 0.231. The molecule has 0 aliphatic carbocycles. The Hall–Kier alpha value is -1.82. The van der Waals surface area contributed by atoms with E-state index in [4.69, 9.17) is 14.6 Å². The molecule has 0 bridgehead atoms. The van der Waals surface area contributed by atoms with Crippen molar-refractivity contribution in [2.75, 3.05) is 13.7 Å². The maximum Gasteiger partial charge on any atom is 0.376 e. The van der Waals surface area contributed by atoms with Gasteiger partial charge in [-0.1, -0.05) is 6.08 Å². The highest BCUT2D eigenvalue weighted by atomic mass is 79.9. The van der Waals surface area contributed by atoms with E-state index in [1.165, 1.54) is 13.2 Å². The third kappa shape index (κ3) is 4.10. The number of ketones is 1. The number of hydrogen-bond donors (Lipinski definition) is 1. The van der Waals surface area contributed by atoms with E-state index in [2.05, 4.69) is 15.9 Å². The van der Waals surface area contributed by atoms with Crippen molar-refractivity contribution in [3.05, 3.63) is 28.2 Å². The first-order chi connectivity index (χ1) is 8.99. The average Bonchev–Trinajstić information content (AvgIpc) is 2.36. The molecule has 1 N–H and O–H groups in total. The van der Waals surface area contributed by atoms with Crippen LogP contribution >= 0.6 is 15.9 Å². The second-order valence-electron chi connectivity index (χ2n) is 3.47. The maximum absolute atomic E-state index is 11.0. The van der Waals surface area contributed by atoms with E-state index in [0.717, 1.165) is 6.08 Å². The molecule has 0 spiro atoms. The van der Waals surface area contributed by atoms with Gasteiger partial charge in [-0.15, -0.1) is 0 Å².